The normalized spacial score (nSPS) is 18.6. The predicted octanol–water partition coefficient (Wildman–Crippen LogP) is 3.62. The minimum absolute atomic E-state index is 0.603. The molecule has 0 saturated carbocycles. The number of nitrogens with zero attached hydrogens (tertiary/aromatic N) is 1. The smallest absolute Gasteiger partial charge is 0.0407 e. The summed E-state index contributed by atoms with van der Waals surface area (Å²) in [6, 6.07) is 9.26. The summed E-state index contributed by atoms with van der Waals surface area (Å²) in [5, 5.41) is 4.38. The number of hydrogen-bond donors (Lipinski definition) is 1. The van der Waals surface area contributed by atoms with Gasteiger partial charge in [-0.2, -0.15) is 0 Å². The second-order valence-corrected chi connectivity index (χ2v) is 5.49. The Bertz CT molecular complexity index is 340. The fourth-order valence-corrected chi connectivity index (χ4v) is 2.47. The van der Waals surface area contributed by atoms with Crippen LogP contribution < -0.4 is 5.32 Å². The van der Waals surface area contributed by atoms with Gasteiger partial charge in [-0.05, 0) is 51.0 Å². The topological polar surface area (TPSA) is 15.3 Å². The van der Waals surface area contributed by atoms with Crippen molar-refractivity contribution in [1.29, 1.82) is 0 Å². The highest BCUT2D eigenvalue weighted by molar-refractivity contribution is 6.30. The van der Waals surface area contributed by atoms with Crippen LogP contribution in [0.4, 0.5) is 5.69 Å². The SMILES string of the molecule is CC(C)N1CCC(Nc2ccc(Cl)cc2)CC1. The molecule has 0 amide bonds. The van der Waals surface area contributed by atoms with E-state index in [1.807, 2.05) is 12.1 Å². The standard InChI is InChI=1S/C14H21ClN2/c1-11(2)17-9-7-14(8-10-17)16-13-5-3-12(15)4-6-13/h3-6,11,14,16H,7-10H2,1-2H3. The number of piperidine rings is 1. The van der Waals surface area contributed by atoms with Crippen molar-refractivity contribution < 1.29 is 0 Å². The first-order chi connectivity index (χ1) is 8.15. The molecule has 0 aliphatic carbocycles. The third-order valence-electron chi connectivity index (χ3n) is 3.47. The highest BCUT2D eigenvalue weighted by Crippen LogP contribution is 2.19. The first kappa shape index (κ1) is 12.7. The molecule has 1 N–H and O–H groups in total. The van der Waals surface area contributed by atoms with Crippen molar-refractivity contribution in [2.24, 2.45) is 0 Å². The van der Waals surface area contributed by atoms with Crippen LogP contribution in [-0.4, -0.2) is 30.1 Å². The van der Waals surface area contributed by atoms with Crippen LogP contribution in [0.25, 0.3) is 0 Å². The first-order valence-electron chi connectivity index (χ1n) is 6.41. The Balaban J connectivity index is 1.84. The van der Waals surface area contributed by atoms with E-state index in [0.717, 1.165) is 5.02 Å². The van der Waals surface area contributed by atoms with Gasteiger partial charge in [-0.3, -0.25) is 0 Å². The van der Waals surface area contributed by atoms with Crippen LogP contribution in [0.3, 0.4) is 0 Å². The van der Waals surface area contributed by atoms with E-state index in [1.165, 1.54) is 31.6 Å². The van der Waals surface area contributed by atoms with Crippen molar-refractivity contribution in [3.63, 3.8) is 0 Å². The monoisotopic (exact) mass is 252 g/mol. The van der Waals surface area contributed by atoms with Crippen molar-refractivity contribution >= 4 is 17.3 Å². The molecule has 1 aliphatic rings. The summed E-state index contributed by atoms with van der Waals surface area (Å²) in [7, 11) is 0. The second kappa shape index (κ2) is 5.74. The minimum atomic E-state index is 0.603. The average Bonchev–Trinajstić information content (AvgIpc) is 2.33. The summed E-state index contributed by atoms with van der Waals surface area (Å²) >= 11 is 5.87. The van der Waals surface area contributed by atoms with E-state index >= 15 is 0 Å². The molecule has 1 heterocycles. The van der Waals surface area contributed by atoms with Crippen LogP contribution in [0.2, 0.25) is 5.02 Å². The van der Waals surface area contributed by atoms with E-state index in [-0.39, 0.29) is 0 Å². The Morgan fingerprint density at radius 1 is 1.18 bits per heavy atom. The van der Waals surface area contributed by atoms with Gasteiger partial charge in [0.15, 0.2) is 0 Å². The molecule has 1 saturated heterocycles. The van der Waals surface area contributed by atoms with E-state index in [1.54, 1.807) is 0 Å². The summed E-state index contributed by atoms with van der Waals surface area (Å²) in [6.07, 6.45) is 2.45. The molecule has 17 heavy (non-hydrogen) atoms. The number of nitrogens with one attached hydrogen (secondary N) is 1. The Morgan fingerprint density at radius 3 is 2.29 bits per heavy atom. The largest absolute Gasteiger partial charge is 0.382 e. The van der Waals surface area contributed by atoms with Gasteiger partial charge in [0.1, 0.15) is 0 Å². The van der Waals surface area contributed by atoms with Gasteiger partial charge in [0, 0.05) is 35.9 Å². The van der Waals surface area contributed by atoms with Crippen LogP contribution >= 0.6 is 11.6 Å². The van der Waals surface area contributed by atoms with Gasteiger partial charge in [0.2, 0.25) is 0 Å². The van der Waals surface area contributed by atoms with Gasteiger partial charge >= 0.3 is 0 Å². The van der Waals surface area contributed by atoms with Gasteiger partial charge in [0.05, 0.1) is 0 Å². The summed E-state index contributed by atoms with van der Waals surface area (Å²) in [6.45, 7) is 6.94. The lowest BCUT2D eigenvalue weighted by Gasteiger charge is -2.35. The van der Waals surface area contributed by atoms with Crippen LogP contribution in [0.5, 0.6) is 0 Å². The highest BCUT2D eigenvalue weighted by Gasteiger charge is 2.20. The maximum atomic E-state index is 5.87. The summed E-state index contributed by atoms with van der Waals surface area (Å²) in [4.78, 5) is 2.54. The van der Waals surface area contributed by atoms with Gasteiger partial charge in [-0.1, -0.05) is 11.6 Å². The van der Waals surface area contributed by atoms with Crippen LogP contribution in [0, 0.1) is 0 Å². The number of hydrogen-bond acceptors (Lipinski definition) is 2. The molecule has 2 rings (SSSR count). The zero-order valence-corrected chi connectivity index (χ0v) is 11.4. The molecule has 3 heteroatoms. The zero-order valence-electron chi connectivity index (χ0n) is 10.6. The van der Waals surface area contributed by atoms with Gasteiger partial charge in [-0.25, -0.2) is 0 Å². The van der Waals surface area contributed by atoms with Crippen LogP contribution in [0.15, 0.2) is 24.3 Å². The Morgan fingerprint density at radius 2 is 1.76 bits per heavy atom. The van der Waals surface area contributed by atoms with Crippen LogP contribution in [0.1, 0.15) is 26.7 Å². The van der Waals surface area contributed by atoms with Crippen molar-refractivity contribution in [3.8, 4) is 0 Å². The lowest BCUT2D eigenvalue weighted by molar-refractivity contribution is 0.177. The van der Waals surface area contributed by atoms with E-state index in [9.17, 15) is 0 Å². The molecule has 1 fully saturated rings. The number of halogens is 1. The second-order valence-electron chi connectivity index (χ2n) is 5.06. The summed E-state index contributed by atoms with van der Waals surface area (Å²) in [5.41, 5.74) is 1.18. The number of anilines is 1. The van der Waals surface area contributed by atoms with Crippen molar-refractivity contribution in [2.75, 3.05) is 18.4 Å². The Kier molecular flexibility index (Phi) is 4.30. The van der Waals surface area contributed by atoms with E-state index in [0.29, 0.717) is 12.1 Å². The highest BCUT2D eigenvalue weighted by atomic mass is 35.5. The van der Waals surface area contributed by atoms with E-state index in [2.05, 4.69) is 36.2 Å². The minimum Gasteiger partial charge on any atom is -0.382 e. The molecule has 1 aliphatic heterocycles. The maximum Gasteiger partial charge on any atom is 0.0407 e. The number of likely N-dealkylation sites (tertiary alicyclic amines) is 1. The molecule has 0 aromatic heterocycles. The van der Waals surface area contributed by atoms with Crippen molar-refractivity contribution in [2.45, 2.75) is 38.8 Å². The van der Waals surface area contributed by atoms with E-state index in [4.69, 9.17) is 11.6 Å². The quantitative estimate of drug-likeness (QED) is 0.884. The fourth-order valence-electron chi connectivity index (χ4n) is 2.34. The molecule has 1 aromatic carbocycles. The molecular weight excluding hydrogens is 232 g/mol. The van der Waals surface area contributed by atoms with Gasteiger partial charge in [-0.15, -0.1) is 0 Å². The molecule has 1 aromatic rings. The zero-order chi connectivity index (χ0) is 12.3. The number of rotatable bonds is 3. The lowest BCUT2D eigenvalue weighted by Crippen LogP contribution is -2.42. The van der Waals surface area contributed by atoms with Crippen molar-refractivity contribution in [1.82, 2.24) is 4.90 Å². The van der Waals surface area contributed by atoms with E-state index < -0.39 is 0 Å². The molecule has 2 nitrogen and oxygen atoms in total. The molecule has 0 atom stereocenters. The summed E-state index contributed by atoms with van der Waals surface area (Å²) in [5.74, 6) is 0. The Hall–Kier alpha value is -0.730. The summed E-state index contributed by atoms with van der Waals surface area (Å²) < 4.78 is 0. The molecule has 0 unspecified atom stereocenters. The van der Waals surface area contributed by atoms with Crippen molar-refractivity contribution in [3.05, 3.63) is 29.3 Å². The molecule has 94 valence electrons. The third kappa shape index (κ3) is 3.62. The third-order valence-corrected chi connectivity index (χ3v) is 3.73. The number of benzene rings is 1. The van der Waals surface area contributed by atoms with Gasteiger partial charge in [0.25, 0.3) is 0 Å². The molecule has 0 radical (unpaired) electrons. The molecule has 0 spiro atoms. The average molecular weight is 253 g/mol. The molecule has 0 bridgehead atoms. The van der Waals surface area contributed by atoms with Gasteiger partial charge < -0.3 is 10.2 Å². The van der Waals surface area contributed by atoms with Crippen LogP contribution in [-0.2, 0) is 0 Å². The fraction of sp³-hybridized carbons (Fsp3) is 0.571. The molecular formula is C14H21ClN2. The maximum absolute atomic E-state index is 5.87. The lowest BCUT2D eigenvalue weighted by atomic mass is 10.0. The Labute approximate surface area is 109 Å². The predicted molar refractivity (Wildman–Crippen MR) is 74.8 cm³/mol. The first-order valence-corrected chi connectivity index (χ1v) is 6.79.